The first kappa shape index (κ1) is 19.0. The topological polar surface area (TPSA) is 95.1 Å². The van der Waals surface area contributed by atoms with E-state index in [1.807, 2.05) is 54.6 Å². The number of carbonyl (C=O) groups excluding carboxylic acids is 1. The second-order valence-corrected chi connectivity index (χ2v) is 7.39. The summed E-state index contributed by atoms with van der Waals surface area (Å²) in [6, 6.07) is 19.1. The first-order chi connectivity index (χ1) is 15.2. The Morgan fingerprint density at radius 2 is 1.94 bits per heavy atom. The van der Waals surface area contributed by atoms with Gasteiger partial charge in [-0.2, -0.15) is 10.1 Å². The molecule has 1 N–H and O–H groups in total. The maximum absolute atomic E-state index is 12.8. The van der Waals surface area contributed by atoms with E-state index in [0.29, 0.717) is 17.5 Å². The molecule has 0 radical (unpaired) electrons. The van der Waals surface area contributed by atoms with Crippen LogP contribution in [0.15, 0.2) is 65.2 Å². The molecule has 0 aliphatic heterocycles. The van der Waals surface area contributed by atoms with E-state index in [1.54, 1.807) is 17.9 Å². The van der Waals surface area contributed by atoms with E-state index in [0.717, 1.165) is 41.4 Å². The van der Waals surface area contributed by atoms with Gasteiger partial charge in [-0.1, -0.05) is 23.4 Å². The van der Waals surface area contributed by atoms with Gasteiger partial charge in [-0.3, -0.25) is 4.79 Å². The van der Waals surface area contributed by atoms with E-state index in [4.69, 9.17) is 9.26 Å². The van der Waals surface area contributed by atoms with Crippen LogP contribution in [-0.4, -0.2) is 32.9 Å². The van der Waals surface area contributed by atoms with E-state index in [1.165, 1.54) is 0 Å². The highest BCUT2D eigenvalue weighted by Gasteiger charge is 2.28. The van der Waals surface area contributed by atoms with Crippen LogP contribution in [0.25, 0.3) is 16.9 Å². The third kappa shape index (κ3) is 4.05. The monoisotopic (exact) mass is 415 g/mol. The SMILES string of the molecule is COc1ccc(-c2cc(C(=O)NCc3nc(C4CC4)no3)nn2-c2ccccc2)cc1. The van der Waals surface area contributed by atoms with Crippen molar-refractivity contribution in [2.45, 2.75) is 25.3 Å². The number of hydrogen-bond acceptors (Lipinski definition) is 6. The Labute approximate surface area is 178 Å². The third-order valence-corrected chi connectivity index (χ3v) is 5.16. The summed E-state index contributed by atoms with van der Waals surface area (Å²) >= 11 is 0. The van der Waals surface area contributed by atoms with Crippen LogP contribution in [-0.2, 0) is 6.54 Å². The van der Waals surface area contributed by atoms with Gasteiger partial charge in [0.2, 0.25) is 5.89 Å². The molecule has 0 spiro atoms. The largest absolute Gasteiger partial charge is 0.497 e. The second kappa shape index (κ2) is 8.06. The van der Waals surface area contributed by atoms with Crippen LogP contribution in [0.2, 0.25) is 0 Å². The summed E-state index contributed by atoms with van der Waals surface area (Å²) in [5, 5.41) is 11.4. The van der Waals surface area contributed by atoms with Crippen LogP contribution in [0.1, 0.15) is 41.0 Å². The Bertz CT molecular complexity index is 1190. The summed E-state index contributed by atoms with van der Waals surface area (Å²) < 4.78 is 12.2. The number of ether oxygens (including phenoxy) is 1. The minimum absolute atomic E-state index is 0.161. The Hall–Kier alpha value is -3.94. The minimum Gasteiger partial charge on any atom is -0.497 e. The predicted octanol–water partition coefficient (Wildman–Crippen LogP) is 3.74. The van der Waals surface area contributed by atoms with Gasteiger partial charge < -0.3 is 14.6 Å². The molecule has 0 atom stereocenters. The van der Waals surface area contributed by atoms with E-state index in [2.05, 4.69) is 20.6 Å². The number of amides is 1. The average Bonchev–Trinajstić information content (AvgIpc) is 3.39. The van der Waals surface area contributed by atoms with Crippen molar-refractivity contribution in [3.8, 4) is 22.7 Å². The number of hydrogen-bond donors (Lipinski definition) is 1. The van der Waals surface area contributed by atoms with Crippen LogP contribution in [0.5, 0.6) is 5.75 Å². The summed E-state index contributed by atoms with van der Waals surface area (Å²) in [5.41, 5.74) is 2.88. The fourth-order valence-electron chi connectivity index (χ4n) is 3.32. The predicted molar refractivity (Wildman–Crippen MR) is 113 cm³/mol. The second-order valence-electron chi connectivity index (χ2n) is 7.39. The van der Waals surface area contributed by atoms with Crippen LogP contribution >= 0.6 is 0 Å². The number of para-hydroxylation sites is 1. The highest BCUT2D eigenvalue weighted by atomic mass is 16.5. The lowest BCUT2D eigenvalue weighted by Crippen LogP contribution is -2.23. The van der Waals surface area contributed by atoms with E-state index >= 15 is 0 Å². The first-order valence-corrected chi connectivity index (χ1v) is 10.1. The van der Waals surface area contributed by atoms with E-state index < -0.39 is 0 Å². The standard InChI is InChI=1S/C23H21N5O3/c1-30-18-11-9-15(10-12-18)20-13-19(26-28(20)17-5-3-2-4-6-17)23(29)24-14-21-25-22(27-31-21)16-7-8-16/h2-6,9-13,16H,7-8,14H2,1H3,(H,24,29). The zero-order chi connectivity index (χ0) is 21.2. The highest BCUT2D eigenvalue weighted by molar-refractivity contribution is 5.93. The van der Waals surface area contributed by atoms with Gasteiger partial charge in [0, 0.05) is 11.5 Å². The molecule has 1 saturated carbocycles. The zero-order valence-corrected chi connectivity index (χ0v) is 17.0. The summed E-state index contributed by atoms with van der Waals surface area (Å²) in [6.07, 6.45) is 2.19. The Kier molecular flexibility index (Phi) is 4.95. The molecule has 2 heterocycles. The number of carbonyl (C=O) groups is 1. The van der Waals surface area contributed by atoms with Crippen molar-refractivity contribution in [1.29, 1.82) is 0 Å². The molecule has 8 heteroatoms. The molecule has 1 aliphatic rings. The Morgan fingerprint density at radius 1 is 1.16 bits per heavy atom. The summed E-state index contributed by atoms with van der Waals surface area (Å²) in [6.45, 7) is 0.161. The van der Waals surface area contributed by atoms with Gasteiger partial charge in [-0.25, -0.2) is 4.68 Å². The fourth-order valence-corrected chi connectivity index (χ4v) is 3.32. The summed E-state index contributed by atoms with van der Waals surface area (Å²) in [4.78, 5) is 17.1. The van der Waals surface area contributed by atoms with Crippen molar-refractivity contribution in [1.82, 2.24) is 25.2 Å². The van der Waals surface area contributed by atoms with E-state index in [9.17, 15) is 4.79 Å². The molecule has 156 valence electrons. The maximum atomic E-state index is 12.8. The lowest BCUT2D eigenvalue weighted by molar-refractivity contribution is 0.0941. The van der Waals surface area contributed by atoms with Gasteiger partial charge in [-0.15, -0.1) is 0 Å². The van der Waals surface area contributed by atoms with Crippen molar-refractivity contribution in [2.24, 2.45) is 0 Å². The van der Waals surface area contributed by atoms with Crippen molar-refractivity contribution >= 4 is 5.91 Å². The molecule has 2 aromatic heterocycles. The van der Waals surface area contributed by atoms with Crippen molar-refractivity contribution in [3.05, 3.63) is 78.1 Å². The summed E-state index contributed by atoms with van der Waals surface area (Å²) in [7, 11) is 1.63. The number of nitrogens with zero attached hydrogens (tertiary/aromatic N) is 4. The third-order valence-electron chi connectivity index (χ3n) is 5.16. The van der Waals surface area contributed by atoms with Crippen LogP contribution < -0.4 is 10.1 Å². The molecule has 8 nitrogen and oxygen atoms in total. The molecule has 1 amide bonds. The summed E-state index contributed by atoms with van der Waals surface area (Å²) in [5.74, 6) is 1.97. The lowest BCUT2D eigenvalue weighted by Gasteiger charge is -2.08. The molecule has 31 heavy (non-hydrogen) atoms. The molecular weight excluding hydrogens is 394 g/mol. The molecule has 4 aromatic rings. The van der Waals surface area contributed by atoms with Crippen molar-refractivity contribution in [3.63, 3.8) is 0 Å². The molecule has 2 aromatic carbocycles. The number of rotatable bonds is 7. The normalized spacial score (nSPS) is 13.2. The molecule has 5 rings (SSSR count). The Morgan fingerprint density at radius 3 is 2.65 bits per heavy atom. The smallest absolute Gasteiger partial charge is 0.272 e. The Balaban J connectivity index is 1.41. The molecule has 1 aliphatic carbocycles. The quantitative estimate of drug-likeness (QED) is 0.494. The van der Waals surface area contributed by atoms with Gasteiger partial charge in [0.05, 0.1) is 25.0 Å². The minimum atomic E-state index is -0.310. The van der Waals surface area contributed by atoms with Crippen LogP contribution in [0.3, 0.4) is 0 Å². The van der Waals surface area contributed by atoms with Gasteiger partial charge in [0.15, 0.2) is 11.5 Å². The molecular formula is C23H21N5O3. The van der Waals surface area contributed by atoms with Gasteiger partial charge in [0.25, 0.3) is 5.91 Å². The number of benzene rings is 2. The zero-order valence-electron chi connectivity index (χ0n) is 17.0. The highest BCUT2D eigenvalue weighted by Crippen LogP contribution is 2.38. The van der Waals surface area contributed by atoms with Gasteiger partial charge in [0.1, 0.15) is 5.75 Å². The van der Waals surface area contributed by atoms with Gasteiger partial charge in [-0.05, 0) is 55.3 Å². The molecule has 1 fully saturated rings. The number of nitrogens with one attached hydrogen (secondary N) is 1. The first-order valence-electron chi connectivity index (χ1n) is 10.1. The number of methoxy groups -OCH3 is 1. The molecule has 0 saturated heterocycles. The van der Waals surface area contributed by atoms with Crippen LogP contribution in [0.4, 0.5) is 0 Å². The van der Waals surface area contributed by atoms with Gasteiger partial charge >= 0.3 is 0 Å². The maximum Gasteiger partial charge on any atom is 0.272 e. The fraction of sp³-hybridized carbons (Fsp3) is 0.217. The molecule has 0 unspecified atom stereocenters. The van der Waals surface area contributed by atoms with Crippen LogP contribution in [0, 0.1) is 0 Å². The lowest BCUT2D eigenvalue weighted by atomic mass is 10.1. The van der Waals surface area contributed by atoms with Crippen molar-refractivity contribution < 1.29 is 14.1 Å². The number of aromatic nitrogens is 4. The molecule has 0 bridgehead atoms. The average molecular weight is 415 g/mol. The van der Waals surface area contributed by atoms with E-state index in [-0.39, 0.29) is 12.5 Å². The van der Waals surface area contributed by atoms with Crippen molar-refractivity contribution in [2.75, 3.05) is 7.11 Å².